The van der Waals surface area contributed by atoms with Crippen LogP contribution >= 0.6 is 0 Å². The normalized spacial score (nSPS) is 26.5. The molecule has 2 nitrogen and oxygen atoms in total. The van der Waals surface area contributed by atoms with Crippen molar-refractivity contribution in [2.45, 2.75) is 38.5 Å². The molecule has 0 fully saturated rings. The molecule has 2 heteroatoms. The first-order valence-electron chi connectivity index (χ1n) is 7.95. The van der Waals surface area contributed by atoms with E-state index in [-0.39, 0.29) is 11.8 Å². The third-order valence-electron chi connectivity index (χ3n) is 4.98. The Morgan fingerprint density at radius 2 is 1.86 bits per heavy atom. The van der Waals surface area contributed by atoms with Crippen LogP contribution < -0.4 is 0 Å². The summed E-state index contributed by atoms with van der Waals surface area (Å²) in [6, 6.07) is 15.2. The van der Waals surface area contributed by atoms with Crippen LogP contribution in [0.15, 0.2) is 53.6 Å². The van der Waals surface area contributed by atoms with Gasteiger partial charge in [-0.15, -0.1) is 0 Å². The van der Waals surface area contributed by atoms with Gasteiger partial charge in [-0.25, -0.2) is 0 Å². The summed E-state index contributed by atoms with van der Waals surface area (Å²) in [6.45, 7) is 2.05. The predicted octanol–water partition coefficient (Wildman–Crippen LogP) is 4.88. The Labute approximate surface area is 132 Å². The Morgan fingerprint density at radius 1 is 1.14 bits per heavy atom. The highest BCUT2D eigenvalue weighted by atomic mass is 14.5. The zero-order valence-electron chi connectivity index (χ0n) is 12.9. The molecule has 0 heterocycles. The van der Waals surface area contributed by atoms with Gasteiger partial charge in [0.2, 0.25) is 0 Å². The van der Waals surface area contributed by atoms with Crippen molar-refractivity contribution in [3.8, 4) is 12.1 Å². The molecule has 3 rings (SSSR count). The largest absolute Gasteiger partial charge is 0.196 e. The molecule has 0 amide bonds. The van der Waals surface area contributed by atoms with Crippen molar-refractivity contribution in [1.29, 1.82) is 10.5 Å². The summed E-state index contributed by atoms with van der Waals surface area (Å²) < 4.78 is 0. The van der Waals surface area contributed by atoms with Gasteiger partial charge in [0, 0.05) is 12.3 Å². The molecule has 0 aliphatic heterocycles. The van der Waals surface area contributed by atoms with Crippen molar-refractivity contribution >= 4 is 0 Å². The Morgan fingerprint density at radius 3 is 2.55 bits per heavy atom. The zero-order chi connectivity index (χ0) is 15.6. The van der Waals surface area contributed by atoms with Crippen LogP contribution in [0.3, 0.4) is 0 Å². The van der Waals surface area contributed by atoms with Gasteiger partial charge in [0.05, 0.1) is 12.1 Å². The summed E-state index contributed by atoms with van der Waals surface area (Å²) in [5.74, 6) is 0.546. The smallest absolute Gasteiger partial charge is 0.168 e. The summed E-state index contributed by atoms with van der Waals surface area (Å²) in [5, 5.41) is 19.5. The molecule has 22 heavy (non-hydrogen) atoms. The number of nitriles is 2. The predicted molar refractivity (Wildman–Crippen MR) is 86.6 cm³/mol. The van der Waals surface area contributed by atoms with Gasteiger partial charge in [-0.3, -0.25) is 0 Å². The second kappa shape index (κ2) is 5.82. The lowest BCUT2D eigenvalue weighted by atomic mass is 9.67. The molecule has 1 aromatic carbocycles. The molecule has 0 unspecified atom stereocenters. The highest BCUT2D eigenvalue weighted by Gasteiger charge is 2.44. The van der Waals surface area contributed by atoms with Crippen LogP contribution in [0.1, 0.15) is 44.1 Å². The summed E-state index contributed by atoms with van der Waals surface area (Å²) in [4.78, 5) is 0. The number of allylic oxidation sites excluding steroid dienone is 4. The maximum absolute atomic E-state index is 9.74. The number of fused-ring (bicyclic) bond motifs is 1. The lowest BCUT2D eigenvalue weighted by Gasteiger charge is -2.33. The number of nitrogens with zero attached hydrogens (tertiary/aromatic N) is 2. The quantitative estimate of drug-likeness (QED) is 0.691. The van der Waals surface area contributed by atoms with Gasteiger partial charge in [-0.05, 0) is 43.2 Å². The van der Waals surface area contributed by atoms with Gasteiger partial charge in [0.25, 0.3) is 0 Å². The summed E-state index contributed by atoms with van der Waals surface area (Å²) in [5.41, 5.74) is 2.51. The second-order valence-electron chi connectivity index (χ2n) is 6.45. The van der Waals surface area contributed by atoms with Gasteiger partial charge in [0.1, 0.15) is 0 Å². The molecule has 1 aromatic rings. The molecule has 0 aromatic heterocycles. The third-order valence-corrected chi connectivity index (χ3v) is 4.98. The summed E-state index contributed by atoms with van der Waals surface area (Å²) in [6.07, 6.45) is 8.17. The molecule has 0 saturated carbocycles. The van der Waals surface area contributed by atoms with E-state index in [2.05, 4.69) is 55.5 Å². The van der Waals surface area contributed by atoms with E-state index < -0.39 is 5.41 Å². The topological polar surface area (TPSA) is 47.6 Å². The molecule has 0 bridgehead atoms. The standard InChI is InChI=1S/C20H20N2/c1-15-11-18(16-7-3-2-4-8-16)17-9-5-6-10-19(17)20(12-15,13-21)14-22/h2-4,7-8,10-11,17-18H,5-6,9,12H2,1H3/t17-,18-/m0/s1. The van der Waals surface area contributed by atoms with E-state index in [4.69, 9.17) is 0 Å². The Bertz CT molecular complexity index is 683. The van der Waals surface area contributed by atoms with Crippen molar-refractivity contribution in [2.75, 3.05) is 0 Å². The van der Waals surface area contributed by atoms with Crippen LogP contribution in [-0.2, 0) is 0 Å². The van der Waals surface area contributed by atoms with Crippen LogP contribution in [0, 0.1) is 34.0 Å². The van der Waals surface area contributed by atoms with E-state index in [1.54, 1.807) is 0 Å². The molecule has 110 valence electrons. The first-order valence-corrected chi connectivity index (χ1v) is 7.95. The second-order valence-corrected chi connectivity index (χ2v) is 6.45. The minimum Gasteiger partial charge on any atom is -0.196 e. The minimum absolute atomic E-state index is 0.271. The molecule has 2 aliphatic carbocycles. The Kier molecular flexibility index (Phi) is 3.86. The van der Waals surface area contributed by atoms with E-state index >= 15 is 0 Å². The molecule has 2 aliphatic rings. The molecule has 0 N–H and O–H groups in total. The molecule has 2 atom stereocenters. The first kappa shape index (κ1) is 14.6. The van der Waals surface area contributed by atoms with Gasteiger partial charge >= 0.3 is 0 Å². The van der Waals surface area contributed by atoms with Gasteiger partial charge < -0.3 is 0 Å². The first-order chi connectivity index (χ1) is 10.7. The van der Waals surface area contributed by atoms with Crippen LogP contribution in [0.25, 0.3) is 0 Å². The van der Waals surface area contributed by atoms with Gasteiger partial charge in [-0.1, -0.05) is 48.1 Å². The van der Waals surface area contributed by atoms with Crippen LogP contribution in [-0.4, -0.2) is 0 Å². The number of hydrogen-bond acceptors (Lipinski definition) is 2. The molecule has 0 radical (unpaired) electrons. The molecule has 0 saturated heterocycles. The van der Waals surface area contributed by atoms with Crippen LogP contribution in [0.5, 0.6) is 0 Å². The van der Waals surface area contributed by atoms with Gasteiger partial charge in [-0.2, -0.15) is 10.5 Å². The lowest BCUT2D eigenvalue weighted by molar-refractivity contribution is 0.415. The molecular weight excluding hydrogens is 268 g/mol. The maximum Gasteiger partial charge on any atom is 0.168 e. The highest BCUT2D eigenvalue weighted by Crippen LogP contribution is 2.50. The fourth-order valence-corrected chi connectivity index (χ4v) is 4.00. The van der Waals surface area contributed by atoms with E-state index in [0.717, 1.165) is 30.4 Å². The van der Waals surface area contributed by atoms with E-state index in [0.29, 0.717) is 6.42 Å². The van der Waals surface area contributed by atoms with E-state index in [9.17, 15) is 10.5 Å². The maximum atomic E-state index is 9.74. The highest BCUT2D eigenvalue weighted by molar-refractivity contribution is 5.44. The van der Waals surface area contributed by atoms with Crippen LogP contribution in [0.4, 0.5) is 0 Å². The zero-order valence-corrected chi connectivity index (χ0v) is 12.9. The number of benzene rings is 1. The SMILES string of the molecule is CC1=C[C@@H](c2ccccc2)[C@@H]2CCCC=C2C(C#N)(C#N)C1. The summed E-state index contributed by atoms with van der Waals surface area (Å²) >= 11 is 0. The molecule has 0 spiro atoms. The lowest BCUT2D eigenvalue weighted by Crippen LogP contribution is -2.27. The van der Waals surface area contributed by atoms with E-state index in [1.807, 2.05) is 6.07 Å². The number of rotatable bonds is 1. The van der Waals surface area contributed by atoms with Crippen molar-refractivity contribution in [3.05, 3.63) is 59.2 Å². The molecular formula is C20H20N2. The summed E-state index contributed by atoms with van der Waals surface area (Å²) in [7, 11) is 0. The van der Waals surface area contributed by atoms with E-state index in [1.165, 1.54) is 5.56 Å². The minimum atomic E-state index is -0.977. The fraction of sp³-hybridized carbons (Fsp3) is 0.400. The van der Waals surface area contributed by atoms with Crippen molar-refractivity contribution in [1.82, 2.24) is 0 Å². The monoisotopic (exact) mass is 288 g/mol. The number of hydrogen-bond donors (Lipinski definition) is 0. The Hall–Kier alpha value is -2.32. The fourth-order valence-electron chi connectivity index (χ4n) is 4.00. The van der Waals surface area contributed by atoms with Crippen LogP contribution in [0.2, 0.25) is 0 Å². The Balaban J connectivity index is 2.14. The average Bonchev–Trinajstić information content (AvgIpc) is 2.71. The average molecular weight is 288 g/mol. The van der Waals surface area contributed by atoms with Crippen molar-refractivity contribution < 1.29 is 0 Å². The van der Waals surface area contributed by atoms with Crippen molar-refractivity contribution in [3.63, 3.8) is 0 Å². The van der Waals surface area contributed by atoms with Crippen molar-refractivity contribution in [2.24, 2.45) is 11.3 Å². The third kappa shape index (κ3) is 2.36. The van der Waals surface area contributed by atoms with Gasteiger partial charge in [0.15, 0.2) is 5.41 Å².